The van der Waals surface area contributed by atoms with Gasteiger partial charge in [-0.3, -0.25) is 19.6 Å². The molecule has 0 radical (unpaired) electrons. The molecule has 2 heterocycles. The van der Waals surface area contributed by atoms with Crippen molar-refractivity contribution in [3.05, 3.63) is 35.4 Å². The zero-order valence-corrected chi connectivity index (χ0v) is 21.7. The van der Waals surface area contributed by atoms with Gasteiger partial charge in [-0.25, -0.2) is 0 Å². The van der Waals surface area contributed by atoms with Crippen LogP contribution in [0.15, 0.2) is 29.3 Å². The third kappa shape index (κ3) is 8.84. The third-order valence-corrected chi connectivity index (χ3v) is 6.24. The number of amides is 1. The number of carbonyl (C=O) groups excluding carboxylic acids is 1. The second-order valence-electron chi connectivity index (χ2n) is 8.62. The van der Waals surface area contributed by atoms with Crippen LogP contribution in [0.2, 0.25) is 0 Å². The summed E-state index contributed by atoms with van der Waals surface area (Å²) in [5.41, 5.74) is 2.53. The first-order valence-electron chi connectivity index (χ1n) is 11.4. The van der Waals surface area contributed by atoms with Gasteiger partial charge in [0.05, 0.1) is 12.6 Å². The van der Waals surface area contributed by atoms with E-state index in [1.165, 1.54) is 11.1 Å². The van der Waals surface area contributed by atoms with Gasteiger partial charge in [0.15, 0.2) is 5.96 Å². The standard InChI is InChI=1S/C23H38N6O2.HI/c1-24-22(31)17-29-11-7-20(8-12-29)27-23(25-2)26-15-18-3-5-19(6-4-18)16-28-13-9-21(30)10-14-28;/h3-6,20-21,30H,7-17H2,1-2H3,(H,24,31)(H2,25,26,27);1H. The molecular formula is C23H39IN6O2. The van der Waals surface area contributed by atoms with Gasteiger partial charge in [-0.2, -0.15) is 0 Å². The summed E-state index contributed by atoms with van der Waals surface area (Å²) in [5.74, 6) is 0.894. The minimum Gasteiger partial charge on any atom is -0.393 e. The third-order valence-electron chi connectivity index (χ3n) is 6.24. The topological polar surface area (TPSA) is 92.2 Å². The van der Waals surface area contributed by atoms with E-state index in [0.29, 0.717) is 12.6 Å². The molecule has 4 N–H and O–H groups in total. The van der Waals surface area contributed by atoms with Crippen molar-refractivity contribution >= 4 is 35.8 Å². The van der Waals surface area contributed by atoms with Crippen molar-refractivity contribution in [1.82, 2.24) is 25.8 Å². The number of aliphatic hydroxyl groups is 1. The molecule has 0 atom stereocenters. The fraction of sp³-hybridized carbons (Fsp3) is 0.652. The molecule has 0 bridgehead atoms. The number of piperidine rings is 2. The molecule has 8 nitrogen and oxygen atoms in total. The van der Waals surface area contributed by atoms with E-state index in [-0.39, 0.29) is 36.0 Å². The molecule has 0 saturated carbocycles. The molecule has 2 fully saturated rings. The highest BCUT2D eigenvalue weighted by molar-refractivity contribution is 14.0. The van der Waals surface area contributed by atoms with Gasteiger partial charge < -0.3 is 21.1 Å². The average molecular weight is 559 g/mol. The van der Waals surface area contributed by atoms with E-state index in [9.17, 15) is 9.90 Å². The summed E-state index contributed by atoms with van der Waals surface area (Å²) in [6.07, 6.45) is 3.63. The Morgan fingerprint density at radius 2 is 1.62 bits per heavy atom. The Labute approximate surface area is 209 Å². The van der Waals surface area contributed by atoms with Crippen molar-refractivity contribution in [2.24, 2.45) is 4.99 Å². The first kappa shape index (κ1) is 26.8. The van der Waals surface area contributed by atoms with Crippen molar-refractivity contribution in [1.29, 1.82) is 0 Å². The first-order valence-corrected chi connectivity index (χ1v) is 11.4. The van der Waals surface area contributed by atoms with E-state index in [1.54, 1.807) is 14.1 Å². The smallest absolute Gasteiger partial charge is 0.233 e. The predicted molar refractivity (Wildman–Crippen MR) is 139 cm³/mol. The summed E-state index contributed by atoms with van der Waals surface area (Å²) in [6, 6.07) is 9.11. The van der Waals surface area contributed by atoms with Crippen LogP contribution in [0, 0.1) is 0 Å². The highest BCUT2D eigenvalue weighted by Gasteiger charge is 2.21. The molecule has 1 aromatic carbocycles. The van der Waals surface area contributed by atoms with Crippen molar-refractivity contribution in [2.45, 2.75) is 50.9 Å². The Morgan fingerprint density at radius 3 is 2.22 bits per heavy atom. The summed E-state index contributed by atoms with van der Waals surface area (Å²) in [4.78, 5) is 20.5. The lowest BCUT2D eigenvalue weighted by molar-refractivity contribution is -0.122. The number of guanidine groups is 1. The first-order chi connectivity index (χ1) is 15.1. The molecular weight excluding hydrogens is 519 g/mol. The number of rotatable bonds is 7. The van der Waals surface area contributed by atoms with Crippen molar-refractivity contribution in [3.8, 4) is 0 Å². The molecule has 2 aliphatic rings. The van der Waals surface area contributed by atoms with Crippen LogP contribution in [0.1, 0.15) is 36.8 Å². The van der Waals surface area contributed by atoms with E-state index in [2.05, 4.69) is 55.0 Å². The zero-order chi connectivity index (χ0) is 22.1. The molecule has 3 rings (SSSR count). The molecule has 1 amide bonds. The number of carbonyl (C=O) groups is 1. The second-order valence-corrected chi connectivity index (χ2v) is 8.62. The molecule has 9 heteroatoms. The number of hydrogen-bond donors (Lipinski definition) is 4. The van der Waals surface area contributed by atoms with Crippen LogP contribution in [0.3, 0.4) is 0 Å². The van der Waals surface area contributed by atoms with E-state index < -0.39 is 0 Å². The van der Waals surface area contributed by atoms with Crippen LogP contribution in [-0.2, 0) is 17.9 Å². The van der Waals surface area contributed by atoms with Gasteiger partial charge in [-0.05, 0) is 36.8 Å². The monoisotopic (exact) mass is 558 g/mol. The van der Waals surface area contributed by atoms with Crippen molar-refractivity contribution < 1.29 is 9.90 Å². The summed E-state index contributed by atoms with van der Waals surface area (Å²) in [6.45, 7) is 5.92. The quantitative estimate of drug-likeness (QED) is 0.228. The minimum absolute atomic E-state index is 0. The molecule has 0 spiro atoms. The summed E-state index contributed by atoms with van der Waals surface area (Å²) < 4.78 is 0. The number of aliphatic hydroxyl groups excluding tert-OH is 1. The van der Waals surface area contributed by atoms with Crippen LogP contribution in [-0.4, -0.2) is 85.7 Å². The van der Waals surface area contributed by atoms with Crippen LogP contribution in [0.5, 0.6) is 0 Å². The fourth-order valence-electron chi connectivity index (χ4n) is 4.19. The maximum Gasteiger partial charge on any atom is 0.233 e. The Balaban J connectivity index is 0.00000363. The number of nitrogens with zero attached hydrogens (tertiary/aromatic N) is 3. The van der Waals surface area contributed by atoms with Gasteiger partial charge in [0, 0.05) is 59.4 Å². The number of aliphatic imine (C=N–C) groups is 1. The van der Waals surface area contributed by atoms with E-state index in [1.807, 2.05) is 0 Å². The predicted octanol–water partition coefficient (Wildman–Crippen LogP) is 1.14. The van der Waals surface area contributed by atoms with Crippen LogP contribution < -0.4 is 16.0 Å². The van der Waals surface area contributed by atoms with E-state index in [0.717, 1.165) is 70.9 Å². The van der Waals surface area contributed by atoms with Gasteiger partial charge in [0.2, 0.25) is 5.91 Å². The summed E-state index contributed by atoms with van der Waals surface area (Å²) in [5, 5.41) is 19.3. The van der Waals surface area contributed by atoms with Gasteiger partial charge >= 0.3 is 0 Å². The Bertz CT molecular complexity index is 714. The Kier molecular flexibility index (Phi) is 11.7. The molecule has 2 saturated heterocycles. The summed E-state index contributed by atoms with van der Waals surface area (Å²) >= 11 is 0. The van der Waals surface area contributed by atoms with Crippen LogP contribution in [0.25, 0.3) is 0 Å². The minimum atomic E-state index is -0.122. The molecule has 0 aliphatic carbocycles. The van der Waals surface area contributed by atoms with E-state index in [4.69, 9.17) is 0 Å². The zero-order valence-electron chi connectivity index (χ0n) is 19.3. The number of benzene rings is 1. The van der Waals surface area contributed by atoms with Crippen LogP contribution in [0.4, 0.5) is 0 Å². The van der Waals surface area contributed by atoms with Crippen LogP contribution >= 0.6 is 24.0 Å². The maximum atomic E-state index is 11.5. The number of halogens is 1. The van der Waals surface area contributed by atoms with Crippen molar-refractivity contribution in [2.75, 3.05) is 46.8 Å². The largest absolute Gasteiger partial charge is 0.393 e. The molecule has 0 unspecified atom stereocenters. The van der Waals surface area contributed by atoms with E-state index >= 15 is 0 Å². The lowest BCUT2D eigenvalue weighted by Gasteiger charge is -2.32. The second kappa shape index (κ2) is 14.0. The number of nitrogens with one attached hydrogen (secondary N) is 3. The fourth-order valence-corrected chi connectivity index (χ4v) is 4.19. The lowest BCUT2D eigenvalue weighted by Crippen LogP contribution is -2.49. The van der Waals surface area contributed by atoms with Gasteiger partial charge in [-0.15, -0.1) is 24.0 Å². The number of likely N-dealkylation sites (N-methyl/N-ethyl adjacent to an activating group) is 1. The molecule has 1 aromatic rings. The number of likely N-dealkylation sites (tertiary alicyclic amines) is 2. The van der Waals surface area contributed by atoms with Crippen molar-refractivity contribution in [3.63, 3.8) is 0 Å². The van der Waals surface area contributed by atoms with Gasteiger partial charge in [0.25, 0.3) is 0 Å². The van der Waals surface area contributed by atoms with Gasteiger partial charge in [-0.1, -0.05) is 24.3 Å². The molecule has 0 aromatic heterocycles. The van der Waals surface area contributed by atoms with Gasteiger partial charge in [0.1, 0.15) is 0 Å². The summed E-state index contributed by atoms with van der Waals surface area (Å²) in [7, 11) is 3.48. The molecule has 180 valence electrons. The molecule has 2 aliphatic heterocycles. The maximum absolute atomic E-state index is 11.5. The normalized spacial score (nSPS) is 19.3. The highest BCUT2D eigenvalue weighted by Crippen LogP contribution is 2.14. The SMILES string of the molecule is CN=C(NCc1ccc(CN2CCC(O)CC2)cc1)NC1CCN(CC(=O)NC)CC1.I. The number of hydrogen-bond acceptors (Lipinski definition) is 5. The highest BCUT2D eigenvalue weighted by atomic mass is 127. The lowest BCUT2D eigenvalue weighted by atomic mass is 10.1. The Morgan fingerprint density at radius 1 is 1.03 bits per heavy atom. The Hall–Kier alpha value is -1.43. The average Bonchev–Trinajstić information content (AvgIpc) is 2.80. The molecule has 32 heavy (non-hydrogen) atoms.